The number of halogens is 1. The molecule has 4 aromatic carbocycles. The molecule has 29 heavy (non-hydrogen) atoms. The van der Waals surface area contributed by atoms with Crippen LogP contribution >= 0.6 is 15.9 Å². The van der Waals surface area contributed by atoms with E-state index in [1.807, 2.05) is 0 Å². The van der Waals surface area contributed by atoms with Crippen LogP contribution in [0.4, 0.5) is 0 Å². The molecule has 0 aliphatic carbocycles. The van der Waals surface area contributed by atoms with Gasteiger partial charge in [-0.15, -0.1) is 0 Å². The molecule has 142 valence electrons. The van der Waals surface area contributed by atoms with Gasteiger partial charge in [-0.05, 0) is 46.5 Å². The smallest absolute Gasteiger partial charge is 0.180 e. The van der Waals surface area contributed by atoms with Crippen molar-refractivity contribution in [3.8, 4) is 5.75 Å². The van der Waals surface area contributed by atoms with Crippen LogP contribution in [0.2, 0.25) is 0 Å². The van der Waals surface area contributed by atoms with Gasteiger partial charge in [0.2, 0.25) is 0 Å². The quantitative estimate of drug-likeness (QED) is 0.328. The van der Waals surface area contributed by atoms with Gasteiger partial charge in [-0.25, -0.2) is 0 Å². The normalized spacial score (nSPS) is 20.4. The summed E-state index contributed by atoms with van der Waals surface area (Å²) in [5, 5.41) is 2.53. The van der Waals surface area contributed by atoms with Gasteiger partial charge in [0.15, 0.2) is 6.23 Å². The Labute approximate surface area is 178 Å². The van der Waals surface area contributed by atoms with E-state index in [9.17, 15) is 0 Å². The second-order valence-corrected chi connectivity index (χ2v) is 8.73. The lowest BCUT2D eigenvalue weighted by atomic mass is 9.87. The van der Waals surface area contributed by atoms with Crippen molar-refractivity contribution in [3.63, 3.8) is 0 Å². The van der Waals surface area contributed by atoms with Crippen LogP contribution in [0, 0.1) is 0 Å². The monoisotopic (exact) mass is 441 g/mol. The van der Waals surface area contributed by atoms with Crippen molar-refractivity contribution in [2.24, 2.45) is 0 Å². The Morgan fingerprint density at radius 3 is 2.52 bits per heavy atom. The summed E-state index contributed by atoms with van der Waals surface area (Å²) in [6, 6.07) is 30.6. The van der Waals surface area contributed by atoms with Crippen LogP contribution in [0.15, 0.2) is 89.4 Å². The van der Waals surface area contributed by atoms with Crippen LogP contribution in [0.3, 0.4) is 0 Å². The Balaban J connectivity index is 1.61. The number of benzene rings is 4. The van der Waals surface area contributed by atoms with E-state index < -0.39 is 0 Å². The molecule has 2 aliphatic heterocycles. The average Bonchev–Trinajstić information content (AvgIpc) is 2.78. The first-order chi connectivity index (χ1) is 14.3. The molecule has 2 heterocycles. The van der Waals surface area contributed by atoms with Gasteiger partial charge >= 0.3 is 0 Å². The summed E-state index contributed by atoms with van der Waals surface area (Å²) in [5.41, 5.74) is 5.27. The lowest BCUT2D eigenvalue weighted by Gasteiger charge is -2.46. The van der Waals surface area contributed by atoms with Crippen molar-refractivity contribution in [2.45, 2.75) is 18.7 Å². The van der Waals surface area contributed by atoms with Crippen LogP contribution in [-0.4, -0.2) is 11.4 Å². The first kappa shape index (κ1) is 17.3. The maximum Gasteiger partial charge on any atom is 0.180 e. The minimum atomic E-state index is -0.0535. The van der Waals surface area contributed by atoms with Crippen molar-refractivity contribution >= 4 is 26.7 Å². The summed E-state index contributed by atoms with van der Waals surface area (Å²) >= 11 is 3.59. The Morgan fingerprint density at radius 1 is 0.828 bits per heavy atom. The number of rotatable bonds is 1. The highest BCUT2D eigenvalue weighted by Gasteiger charge is 2.41. The highest BCUT2D eigenvalue weighted by molar-refractivity contribution is 9.10. The molecule has 0 N–H and O–H groups in total. The summed E-state index contributed by atoms with van der Waals surface area (Å²) in [6.07, 6.45) is 0.991. The number of nitrogens with zero attached hydrogens (tertiary/aromatic N) is 1. The standard InChI is InChI=1S/C26H20BrNO/c27-20-12-9-19(10-13-20)25-24-21-7-3-1-5-17(21)11-14-23(24)29-26-22-8-4-2-6-18(22)15-16-28(25)26/h1-14,25-26H,15-16H2. The van der Waals surface area contributed by atoms with E-state index in [2.05, 4.69) is 106 Å². The van der Waals surface area contributed by atoms with Gasteiger partial charge < -0.3 is 4.74 Å². The van der Waals surface area contributed by atoms with Gasteiger partial charge in [0.05, 0.1) is 6.04 Å². The van der Waals surface area contributed by atoms with Crippen LogP contribution in [-0.2, 0) is 6.42 Å². The van der Waals surface area contributed by atoms with Gasteiger partial charge in [-0.2, -0.15) is 0 Å². The molecule has 2 unspecified atom stereocenters. The lowest BCUT2D eigenvalue weighted by molar-refractivity contribution is -0.0260. The van der Waals surface area contributed by atoms with Gasteiger partial charge in [-0.1, -0.05) is 82.7 Å². The molecule has 0 aromatic heterocycles. The first-order valence-electron chi connectivity index (χ1n) is 10.1. The molecule has 0 bridgehead atoms. The number of ether oxygens (including phenoxy) is 1. The van der Waals surface area contributed by atoms with Crippen molar-refractivity contribution < 1.29 is 4.74 Å². The van der Waals surface area contributed by atoms with E-state index in [0.29, 0.717) is 0 Å². The van der Waals surface area contributed by atoms with E-state index >= 15 is 0 Å². The van der Waals surface area contributed by atoms with E-state index in [-0.39, 0.29) is 12.3 Å². The Bertz CT molecular complexity index is 1220. The minimum Gasteiger partial charge on any atom is -0.470 e. The summed E-state index contributed by atoms with van der Waals surface area (Å²) in [5.74, 6) is 0.995. The molecule has 0 fully saturated rings. The molecule has 0 saturated carbocycles. The second-order valence-electron chi connectivity index (χ2n) is 7.81. The fraction of sp³-hybridized carbons (Fsp3) is 0.154. The van der Waals surface area contributed by atoms with Gasteiger partial charge in [0, 0.05) is 22.1 Å². The predicted molar refractivity (Wildman–Crippen MR) is 120 cm³/mol. The van der Waals surface area contributed by atoms with Crippen molar-refractivity contribution in [2.75, 3.05) is 6.54 Å². The number of hydrogen-bond acceptors (Lipinski definition) is 2. The van der Waals surface area contributed by atoms with Crippen molar-refractivity contribution in [3.05, 3.63) is 112 Å². The molecular weight excluding hydrogens is 422 g/mol. The van der Waals surface area contributed by atoms with Crippen LogP contribution in [0.25, 0.3) is 10.8 Å². The summed E-state index contributed by atoms with van der Waals surface area (Å²) in [7, 11) is 0. The van der Waals surface area contributed by atoms with E-state index in [1.54, 1.807) is 0 Å². The zero-order valence-corrected chi connectivity index (χ0v) is 17.5. The fourth-order valence-electron chi connectivity index (χ4n) is 4.89. The maximum atomic E-state index is 6.66. The minimum absolute atomic E-state index is 0.0535. The highest BCUT2D eigenvalue weighted by Crippen LogP contribution is 2.50. The highest BCUT2D eigenvalue weighted by atomic mass is 79.9. The molecular formula is C26H20BrNO. The second kappa shape index (κ2) is 6.72. The third kappa shape index (κ3) is 2.72. The van der Waals surface area contributed by atoms with E-state index in [4.69, 9.17) is 4.74 Å². The molecule has 2 aliphatic rings. The van der Waals surface area contributed by atoms with Crippen molar-refractivity contribution in [1.29, 1.82) is 0 Å². The average molecular weight is 442 g/mol. The molecule has 4 aromatic rings. The van der Waals surface area contributed by atoms with Crippen LogP contribution < -0.4 is 4.74 Å². The first-order valence-corrected chi connectivity index (χ1v) is 10.9. The molecule has 0 spiro atoms. The number of hydrogen-bond donors (Lipinski definition) is 0. The van der Waals surface area contributed by atoms with E-state index in [1.165, 1.54) is 33.0 Å². The zero-order valence-electron chi connectivity index (χ0n) is 15.9. The number of fused-ring (bicyclic) bond motifs is 6. The van der Waals surface area contributed by atoms with Crippen LogP contribution in [0.5, 0.6) is 5.75 Å². The molecule has 2 nitrogen and oxygen atoms in total. The fourth-order valence-corrected chi connectivity index (χ4v) is 5.16. The van der Waals surface area contributed by atoms with Crippen molar-refractivity contribution in [1.82, 2.24) is 4.90 Å². The molecule has 3 heteroatoms. The molecule has 0 amide bonds. The third-order valence-corrected chi connectivity index (χ3v) is 6.75. The van der Waals surface area contributed by atoms with E-state index in [0.717, 1.165) is 23.2 Å². The Hall–Kier alpha value is -2.62. The Morgan fingerprint density at radius 2 is 1.62 bits per heavy atom. The van der Waals surface area contributed by atoms with Gasteiger partial charge in [0.25, 0.3) is 0 Å². The lowest BCUT2D eigenvalue weighted by Crippen LogP contribution is -2.44. The SMILES string of the molecule is Brc1ccc(C2c3c(ccc4ccccc34)OC3c4ccccc4CCN32)cc1. The van der Waals surface area contributed by atoms with Crippen LogP contribution in [0.1, 0.15) is 34.5 Å². The topological polar surface area (TPSA) is 12.5 Å². The summed E-state index contributed by atoms with van der Waals surface area (Å²) in [6.45, 7) is 0.977. The Kier molecular flexibility index (Phi) is 4.00. The maximum absolute atomic E-state index is 6.66. The van der Waals surface area contributed by atoms with Gasteiger partial charge in [0.1, 0.15) is 5.75 Å². The molecule has 0 saturated heterocycles. The third-order valence-electron chi connectivity index (χ3n) is 6.22. The largest absolute Gasteiger partial charge is 0.470 e. The zero-order chi connectivity index (χ0) is 19.4. The summed E-state index contributed by atoms with van der Waals surface area (Å²) in [4.78, 5) is 2.53. The molecule has 0 radical (unpaired) electrons. The van der Waals surface area contributed by atoms with Gasteiger partial charge in [-0.3, -0.25) is 4.90 Å². The predicted octanol–water partition coefficient (Wildman–Crippen LogP) is 6.64. The molecule has 2 atom stereocenters. The summed E-state index contributed by atoms with van der Waals surface area (Å²) < 4.78 is 7.77. The molecule has 6 rings (SSSR count).